The molecular formula is C7H9N2+. The van der Waals surface area contributed by atoms with E-state index >= 15 is 0 Å². The molecule has 1 aliphatic heterocycles. The van der Waals surface area contributed by atoms with Crippen molar-refractivity contribution in [1.29, 1.82) is 0 Å². The van der Waals surface area contributed by atoms with Gasteiger partial charge in [0.25, 0.3) is 0 Å². The average Bonchev–Trinajstić information content (AvgIpc) is 1.99. The monoisotopic (exact) mass is 121 g/mol. The van der Waals surface area contributed by atoms with Gasteiger partial charge >= 0.3 is 0 Å². The Labute approximate surface area is 54.5 Å². The fourth-order valence-electron chi connectivity index (χ4n) is 0.526. The SMILES string of the molecule is CC1=[N+](C)C=CN=C=C1. The van der Waals surface area contributed by atoms with Crippen LogP contribution in [0.25, 0.3) is 0 Å². The van der Waals surface area contributed by atoms with Crippen LogP contribution >= 0.6 is 0 Å². The zero-order chi connectivity index (χ0) is 6.69. The van der Waals surface area contributed by atoms with Crippen LogP contribution in [0.2, 0.25) is 0 Å². The Balaban J connectivity index is 3.06. The minimum absolute atomic E-state index is 1.15. The first kappa shape index (κ1) is 5.99. The second-order valence-electron chi connectivity index (χ2n) is 1.95. The molecule has 0 aromatic rings. The molecule has 0 aromatic carbocycles. The maximum Gasteiger partial charge on any atom is 0.187 e. The van der Waals surface area contributed by atoms with Crippen molar-refractivity contribution >= 4 is 11.6 Å². The molecule has 2 nitrogen and oxygen atoms in total. The van der Waals surface area contributed by atoms with Crippen LogP contribution in [-0.2, 0) is 0 Å². The molecule has 0 atom stereocenters. The molecule has 0 saturated heterocycles. The number of allylic oxidation sites excluding steroid dienone is 1. The third-order valence-electron chi connectivity index (χ3n) is 1.27. The van der Waals surface area contributed by atoms with Crippen LogP contribution in [0.4, 0.5) is 0 Å². The maximum atomic E-state index is 3.82. The maximum absolute atomic E-state index is 3.82. The predicted molar refractivity (Wildman–Crippen MR) is 38.0 cm³/mol. The summed E-state index contributed by atoms with van der Waals surface area (Å²) < 4.78 is 1.99. The van der Waals surface area contributed by atoms with Crippen LogP contribution in [-0.4, -0.2) is 23.2 Å². The standard InChI is InChI=1S/C7H9N2/c1-7-3-4-8-5-6-9(7)2/h3,5-6H,1-2H3/q+1. The summed E-state index contributed by atoms with van der Waals surface area (Å²) in [4.78, 5) is 3.82. The van der Waals surface area contributed by atoms with Crippen LogP contribution in [0.15, 0.2) is 23.5 Å². The summed E-state index contributed by atoms with van der Waals surface area (Å²) >= 11 is 0. The van der Waals surface area contributed by atoms with Gasteiger partial charge < -0.3 is 0 Å². The number of hydrogen-bond acceptors (Lipinski definition) is 1. The van der Waals surface area contributed by atoms with Gasteiger partial charge in [0, 0.05) is 6.92 Å². The van der Waals surface area contributed by atoms with E-state index in [2.05, 4.69) is 10.9 Å². The first-order valence-electron chi connectivity index (χ1n) is 2.82. The minimum atomic E-state index is 1.15. The molecule has 0 fully saturated rings. The summed E-state index contributed by atoms with van der Waals surface area (Å²) in [6.07, 6.45) is 5.46. The fraction of sp³-hybridized carbons (Fsp3) is 0.286. The summed E-state index contributed by atoms with van der Waals surface area (Å²) in [5.74, 6) is 2.76. The third kappa shape index (κ3) is 1.37. The van der Waals surface area contributed by atoms with E-state index < -0.39 is 0 Å². The summed E-state index contributed by atoms with van der Waals surface area (Å²) in [5.41, 5.74) is 1.15. The zero-order valence-electron chi connectivity index (χ0n) is 5.63. The molecule has 0 radical (unpaired) electrons. The molecule has 0 unspecified atom stereocenters. The van der Waals surface area contributed by atoms with Crippen molar-refractivity contribution < 1.29 is 4.58 Å². The summed E-state index contributed by atoms with van der Waals surface area (Å²) in [7, 11) is 1.98. The van der Waals surface area contributed by atoms with Crippen LogP contribution in [0.3, 0.4) is 0 Å². The topological polar surface area (TPSA) is 15.4 Å². The van der Waals surface area contributed by atoms with E-state index in [9.17, 15) is 0 Å². The molecule has 0 aromatic heterocycles. The van der Waals surface area contributed by atoms with Gasteiger partial charge in [0.15, 0.2) is 11.9 Å². The zero-order valence-corrected chi connectivity index (χ0v) is 5.63. The molecule has 46 valence electrons. The van der Waals surface area contributed by atoms with Gasteiger partial charge in [-0.15, -0.1) is 0 Å². The van der Waals surface area contributed by atoms with Crippen LogP contribution in [0, 0.1) is 0 Å². The Kier molecular flexibility index (Phi) is 1.61. The van der Waals surface area contributed by atoms with Crippen molar-refractivity contribution in [3.05, 3.63) is 18.5 Å². The van der Waals surface area contributed by atoms with Gasteiger partial charge in [-0.1, -0.05) is 0 Å². The average molecular weight is 121 g/mol. The fourth-order valence-corrected chi connectivity index (χ4v) is 0.526. The molecule has 0 spiro atoms. The van der Waals surface area contributed by atoms with Crippen LogP contribution in [0.1, 0.15) is 6.92 Å². The van der Waals surface area contributed by atoms with Crippen molar-refractivity contribution in [1.82, 2.24) is 0 Å². The highest BCUT2D eigenvalue weighted by molar-refractivity contribution is 5.96. The molecule has 1 aliphatic rings. The Hall–Kier alpha value is -1.14. The third-order valence-corrected chi connectivity index (χ3v) is 1.27. The van der Waals surface area contributed by atoms with E-state index in [4.69, 9.17) is 0 Å². The summed E-state index contributed by atoms with van der Waals surface area (Å²) in [6, 6.07) is 0. The molecule has 1 heterocycles. The Bertz CT molecular complexity index is 227. The molecule has 2 heteroatoms. The van der Waals surface area contributed by atoms with E-state index in [1.54, 1.807) is 6.20 Å². The van der Waals surface area contributed by atoms with Gasteiger partial charge in [-0.2, -0.15) is 0 Å². The quantitative estimate of drug-likeness (QED) is 0.421. The highest BCUT2D eigenvalue weighted by atomic mass is 15.0. The van der Waals surface area contributed by atoms with Gasteiger partial charge in [-0.3, -0.25) is 0 Å². The molecule has 0 N–H and O–H groups in total. The lowest BCUT2D eigenvalue weighted by Gasteiger charge is -1.84. The second-order valence-corrected chi connectivity index (χ2v) is 1.95. The van der Waals surface area contributed by atoms with Crippen molar-refractivity contribution in [2.45, 2.75) is 6.92 Å². The van der Waals surface area contributed by atoms with Gasteiger partial charge in [-0.05, 0) is 5.87 Å². The number of rotatable bonds is 0. The highest BCUT2D eigenvalue weighted by Crippen LogP contribution is 1.83. The van der Waals surface area contributed by atoms with Crippen molar-refractivity contribution in [2.24, 2.45) is 4.99 Å². The van der Waals surface area contributed by atoms with Gasteiger partial charge in [-0.25, -0.2) is 9.57 Å². The number of aliphatic imine (C=N–C) groups is 1. The van der Waals surface area contributed by atoms with Crippen LogP contribution < -0.4 is 0 Å². The molecule has 9 heavy (non-hydrogen) atoms. The van der Waals surface area contributed by atoms with Crippen LogP contribution in [0.5, 0.6) is 0 Å². The van der Waals surface area contributed by atoms with Gasteiger partial charge in [0.05, 0.1) is 6.08 Å². The molecule has 1 rings (SSSR count). The van der Waals surface area contributed by atoms with E-state index in [0.29, 0.717) is 0 Å². The lowest BCUT2D eigenvalue weighted by Crippen LogP contribution is -2.04. The van der Waals surface area contributed by atoms with E-state index in [0.717, 1.165) is 5.71 Å². The van der Waals surface area contributed by atoms with Gasteiger partial charge in [0.2, 0.25) is 0 Å². The summed E-state index contributed by atoms with van der Waals surface area (Å²) in [5, 5.41) is 0. The first-order chi connectivity index (χ1) is 4.30. The van der Waals surface area contributed by atoms with E-state index in [-0.39, 0.29) is 0 Å². The molecule has 0 bridgehead atoms. The first-order valence-corrected chi connectivity index (χ1v) is 2.82. The number of hydrogen-bond donors (Lipinski definition) is 0. The minimum Gasteiger partial charge on any atom is -0.208 e. The lowest BCUT2D eigenvalue weighted by atomic mass is 10.4. The Morgan fingerprint density at radius 2 is 2.44 bits per heavy atom. The predicted octanol–water partition coefficient (Wildman–Crippen LogP) is 0.800. The highest BCUT2D eigenvalue weighted by Gasteiger charge is 1.96. The molecular weight excluding hydrogens is 112 g/mol. The summed E-state index contributed by atoms with van der Waals surface area (Å²) in [6.45, 7) is 2.01. The van der Waals surface area contributed by atoms with E-state index in [1.165, 1.54) is 0 Å². The van der Waals surface area contributed by atoms with E-state index in [1.807, 2.05) is 30.8 Å². The molecule has 0 aliphatic carbocycles. The smallest absolute Gasteiger partial charge is 0.187 e. The van der Waals surface area contributed by atoms with Crippen molar-refractivity contribution in [2.75, 3.05) is 7.05 Å². The Morgan fingerprint density at radius 1 is 1.67 bits per heavy atom. The molecule has 0 amide bonds. The molecule has 0 saturated carbocycles. The Morgan fingerprint density at radius 3 is 3.22 bits per heavy atom. The largest absolute Gasteiger partial charge is 0.208 e. The lowest BCUT2D eigenvalue weighted by molar-refractivity contribution is -0.421. The van der Waals surface area contributed by atoms with Crippen molar-refractivity contribution in [3.63, 3.8) is 0 Å². The van der Waals surface area contributed by atoms with Gasteiger partial charge in [0.1, 0.15) is 13.2 Å². The van der Waals surface area contributed by atoms with Crippen molar-refractivity contribution in [3.8, 4) is 0 Å². The number of nitrogens with zero attached hydrogens (tertiary/aromatic N) is 2. The normalized spacial score (nSPS) is 16.7. The second kappa shape index (κ2) is 2.42.